The highest BCUT2D eigenvalue weighted by Crippen LogP contribution is 2.18. The van der Waals surface area contributed by atoms with Crippen molar-refractivity contribution in [3.63, 3.8) is 0 Å². The Hall–Kier alpha value is -0.220. The van der Waals surface area contributed by atoms with Crippen molar-refractivity contribution in [2.45, 2.75) is 31.6 Å². The molecule has 0 radical (unpaired) electrons. The molecule has 0 spiro atoms. The van der Waals surface area contributed by atoms with Crippen LogP contribution in [0.4, 0.5) is 0 Å². The van der Waals surface area contributed by atoms with E-state index in [2.05, 4.69) is 24.2 Å². The van der Waals surface area contributed by atoms with Crippen molar-refractivity contribution in [1.82, 2.24) is 5.32 Å². The first kappa shape index (κ1) is 10.9. The molecule has 0 bridgehead atoms. The maximum atomic E-state index is 5.01. The smallest absolute Gasteiger partial charge is 0.157 e. The molecule has 1 aliphatic heterocycles. The molecule has 76 valence electrons. The first-order chi connectivity index (χ1) is 6.22. The summed E-state index contributed by atoms with van der Waals surface area (Å²) >= 11 is 1.83. The van der Waals surface area contributed by atoms with Gasteiger partial charge in [0.2, 0.25) is 0 Å². The SMILES string of the molecule is COCCC(C)NC1=NCC(C)S1. The minimum absolute atomic E-state index is 0.455. The lowest BCUT2D eigenvalue weighted by molar-refractivity contribution is 0.187. The topological polar surface area (TPSA) is 33.6 Å². The van der Waals surface area contributed by atoms with Gasteiger partial charge in [0.1, 0.15) is 0 Å². The van der Waals surface area contributed by atoms with E-state index >= 15 is 0 Å². The Morgan fingerprint density at radius 3 is 3.08 bits per heavy atom. The fraction of sp³-hybridized carbons (Fsp3) is 0.889. The van der Waals surface area contributed by atoms with Crippen LogP contribution in [0.2, 0.25) is 0 Å². The van der Waals surface area contributed by atoms with Crippen LogP contribution in [0, 0.1) is 0 Å². The number of aliphatic imine (C=N–C) groups is 1. The van der Waals surface area contributed by atoms with Gasteiger partial charge in [-0.1, -0.05) is 18.7 Å². The molecule has 0 amide bonds. The number of ether oxygens (including phenoxy) is 1. The van der Waals surface area contributed by atoms with E-state index in [1.807, 2.05) is 11.8 Å². The minimum Gasteiger partial charge on any atom is -0.385 e. The number of hydrogen-bond donors (Lipinski definition) is 1. The van der Waals surface area contributed by atoms with Crippen LogP contribution < -0.4 is 5.32 Å². The zero-order valence-corrected chi connectivity index (χ0v) is 9.36. The number of amidine groups is 1. The molecule has 1 aliphatic rings. The molecule has 0 saturated carbocycles. The van der Waals surface area contributed by atoms with Gasteiger partial charge in [-0.05, 0) is 13.3 Å². The van der Waals surface area contributed by atoms with E-state index in [1.165, 1.54) is 0 Å². The highest BCUT2D eigenvalue weighted by atomic mass is 32.2. The number of hydrogen-bond acceptors (Lipinski definition) is 4. The Bertz CT molecular complexity index is 184. The zero-order chi connectivity index (χ0) is 9.68. The van der Waals surface area contributed by atoms with E-state index in [9.17, 15) is 0 Å². The van der Waals surface area contributed by atoms with Crippen molar-refractivity contribution >= 4 is 16.9 Å². The maximum absolute atomic E-state index is 5.01. The molecule has 0 fully saturated rings. The molecule has 0 aromatic heterocycles. The summed E-state index contributed by atoms with van der Waals surface area (Å²) in [6, 6.07) is 0.455. The summed E-state index contributed by atoms with van der Waals surface area (Å²) in [5.41, 5.74) is 0. The Kier molecular flexibility index (Phi) is 4.59. The summed E-state index contributed by atoms with van der Waals surface area (Å²) < 4.78 is 5.01. The molecule has 1 N–H and O–H groups in total. The monoisotopic (exact) mass is 202 g/mol. The standard InChI is InChI=1S/C9H18N2OS/c1-7(4-5-12-3)11-9-10-6-8(2)13-9/h7-8H,4-6H2,1-3H3,(H,10,11). The third-order valence-electron chi connectivity index (χ3n) is 1.93. The fourth-order valence-corrected chi connectivity index (χ4v) is 2.08. The van der Waals surface area contributed by atoms with Crippen molar-refractivity contribution < 1.29 is 4.74 Å². The number of rotatable bonds is 4. The largest absolute Gasteiger partial charge is 0.385 e. The Labute approximate surface area is 84.3 Å². The molecular formula is C9H18N2OS. The molecule has 3 nitrogen and oxygen atoms in total. The quantitative estimate of drug-likeness (QED) is 0.750. The van der Waals surface area contributed by atoms with Gasteiger partial charge in [-0.25, -0.2) is 0 Å². The van der Waals surface area contributed by atoms with Gasteiger partial charge in [-0.3, -0.25) is 4.99 Å². The van der Waals surface area contributed by atoms with Gasteiger partial charge in [0, 0.05) is 25.0 Å². The fourth-order valence-electron chi connectivity index (χ4n) is 1.13. The van der Waals surface area contributed by atoms with Gasteiger partial charge in [0.05, 0.1) is 6.54 Å². The van der Waals surface area contributed by atoms with Crippen molar-refractivity contribution in [2.75, 3.05) is 20.3 Å². The van der Waals surface area contributed by atoms with Gasteiger partial charge in [-0.2, -0.15) is 0 Å². The zero-order valence-electron chi connectivity index (χ0n) is 8.54. The molecule has 0 aliphatic carbocycles. The normalized spacial score (nSPS) is 24.2. The Morgan fingerprint density at radius 2 is 2.54 bits per heavy atom. The number of nitrogens with one attached hydrogen (secondary N) is 1. The first-order valence-electron chi connectivity index (χ1n) is 4.69. The molecule has 2 atom stereocenters. The maximum Gasteiger partial charge on any atom is 0.157 e. The summed E-state index contributed by atoms with van der Waals surface area (Å²) in [5, 5.41) is 5.11. The van der Waals surface area contributed by atoms with Gasteiger partial charge in [-0.15, -0.1) is 0 Å². The van der Waals surface area contributed by atoms with E-state index in [0.29, 0.717) is 11.3 Å². The summed E-state index contributed by atoms with van der Waals surface area (Å²) in [7, 11) is 1.73. The molecule has 4 heteroatoms. The van der Waals surface area contributed by atoms with E-state index < -0.39 is 0 Å². The van der Waals surface area contributed by atoms with Crippen molar-refractivity contribution in [2.24, 2.45) is 4.99 Å². The number of methoxy groups -OCH3 is 1. The van der Waals surface area contributed by atoms with Gasteiger partial charge in [0.15, 0.2) is 5.17 Å². The average Bonchev–Trinajstić information content (AvgIpc) is 2.48. The molecule has 13 heavy (non-hydrogen) atoms. The lowest BCUT2D eigenvalue weighted by Gasteiger charge is -2.13. The van der Waals surface area contributed by atoms with Gasteiger partial charge >= 0.3 is 0 Å². The van der Waals surface area contributed by atoms with Gasteiger partial charge < -0.3 is 10.1 Å². The van der Waals surface area contributed by atoms with Crippen LogP contribution in [0.3, 0.4) is 0 Å². The minimum atomic E-state index is 0.455. The lowest BCUT2D eigenvalue weighted by Crippen LogP contribution is -2.30. The predicted molar refractivity (Wildman–Crippen MR) is 58.4 cm³/mol. The Balaban J connectivity index is 2.17. The van der Waals surface area contributed by atoms with Crippen LogP contribution in [-0.4, -0.2) is 36.7 Å². The van der Waals surface area contributed by atoms with Crippen molar-refractivity contribution in [1.29, 1.82) is 0 Å². The highest BCUT2D eigenvalue weighted by molar-refractivity contribution is 8.14. The predicted octanol–water partition coefficient (Wildman–Crippen LogP) is 1.49. The van der Waals surface area contributed by atoms with E-state index in [0.717, 1.165) is 24.7 Å². The lowest BCUT2D eigenvalue weighted by atomic mass is 10.2. The third-order valence-corrected chi connectivity index (χ3v) is 2.95. The van der Waals surface area contributed by atoms with Crippen LogP contribution >= 0.6 is 11.8 Å². The van der Waals surface area contributed by atoms with Crippen LogP contribution in [0.25, 0.3) is 0 Å². The summed E-state index contributed by atoms with van der Waals surface area (Å²) in [5.74, 6) is 0. The molecule has 1 rings (SSSR count). The molecule has 0 aromatic rings. The van der Waals surface area contributed by atoms with E-state index in [4.69, 9.17) is 4.74 Å². The van der Waals surface area contributed by atoms with Crippen LogP contribution in [-0.2, 0) is 4.74 Å². The number of thioether (sulfide) groups is 1. The first-order valence-corrected chi connectivity index (χ1v) is 5.57. The van der Waals surface area contributed by atoms with Crippen LogP contribution in [0.5, 0.6) is 0 Å². The molecule has 0 aromatic carbocycles. The summed E-state index contributed by atoms with van der Waals surface area (Å²) in [4.78, 5) is 4.39. The summed E-state index contributed by atoms with van der Waals surface area (Å²) in [6.07, 6.45) is 1.03. The van der Waals surface area contributed by atoms with Crippen LogP contribution in [0.1, 0.15) is 20.3 Å². The van der Waals surface area contributed by atoms with Crippen molar-refractivity contribution in [3.05, 3.63) is 0 Å². The Morgan fingerprint density at radius 1 is 1.77 bits per heavy atom. The highest BCUT2D eigenvalue weighted by Gasteiger charge is 2.15. The third kappa shape index (κ3) is 4.00. The second kappa shape index (κ2) is 5.50. The molecule has 2 unspecified atom stereocenters. The molecule has 1 heterocycles. The molecule has 0 saturated heterocycles. The summed E-state index contributed by atoms with van der Waals surface area (Å²) in [6.45, 7) is 6.11. The van der Waals surface area contributed by atoms with Crippen molar-refractivity contribution in [3.8, 4) is 0 Å². The van der Waals surface area contributed by atoms with Crippen LogP contribution in [0.15, 0.2) is 4.99 Å². The second-order valence-corrected chi connectivity index (χ2v) is 4.83. The average molecular weight is 202 g/mol. The second-order valence-electron chi connectivity index (χ2n) is 3.40. The number of nitrogens with zero attached hydrogens (tertiary/aromatic N) is 1. The van der Waals surface area contributed by atoms with E-state index in [1.54, 1.807) is 7.11 Å². The van der Waals surface area contributed by atoms with E-state index in [-0.39, 0.29) is 0 Å². The molecular weight excluding hydrogens is 184 g/mol. The van der Waals surface area contributed by atoms with Gasteiger partial charge in [0.25, 0.3) is 0 Å².